The Hall–Kier alpha value is -2.54. The van der Waals surface area contributed by atoms with Crippen LogP contribution in [-0.2, 0) is 4.79 Å². The molecule has 118 valence electrons. The van der Waals surface area contributed by atoms with Crippen molar-refractivity contribution in [3.05, 3.63) is 52.9 Å². The summed E-state index contributed by atoms with van der Waals surface area (Å²) in [4.78, 5) is 12.8. The van der Waals surface area contributed by atoms with E-state index in [1.165, 1.54) is 0 Å². The topological polar surface area (TPSA) is 73.1 Å². The van der Waals surface area contributed by atoms with E-state index in [1.54, 1.807) is 18.2 Å². The summed E-state index contributed by atoms with van der Waals surface area (Å²) < 4.78 is 0. The van der Waals surface area contributed by atoms with Crippen LogP contribution < -0.4 is 5.32 Å². The van der Waals surface area contributed by atoms with Gasteiger partial charge < -0.3 is 10.4 Å². The molecule has 1 aromatic carbocycles. The van der Waals surface area contributed by atoms with Gasteiger partial charge >= 0.3 is 0 Å². The highest BCUT2D eigenvalue weighted by Crippen LogP contribution is 2.46. The molecule has 0 amide bonds. The molecular formula is C19H20N2O2. The smallest absolute Gasteiger partial charge is 0.143 e. The van der Waals surface area contributed by atoms with E-state index < -0.39 is 0 Å². The number of fused-ring (bicyclic) bond motifs is 1. The maximum Gasteiger partial charge on any atom is 0.143 e. The second-order valence-electron chi connectivity index (χ2n) is 7.06. The highest BCUT2D eigenvalue weighted by atomic mass is 16.3. The molecule has 2 unspecified atom stereocenters. The van der Waals surface area contributed by atoms with E-state index in [4.69, 9.17) is 0 Å². The molecule has 1 aromatic rings. The van der Waals surface area contributed by atoms with Gasteiger partial charge in [0.15, 0.2) is 0 Å². The Labute approximate surface area is 136 Å². The van der Waals surface area contributed by atoms with Gasteiger partial charge in [-0.2, -0.15) is 5.26 Å². The van der Waals surface area contributed by atoms with Gasteiger partial charge in [0, 0.05) is 23.7 Å². The number of nitrogens with one attached hydrogen (secondary N) is 1. The molecule has 0 saturated heterocycles. The third-order valence-electron chi connectivity index (χ3n) is 4.59. The molecule has 0 radical (unpaired) electrons. The number of nitriles is 1. The Balaban J connectivity index is 2.20. The Bertz CT molecular complexity index is 781. The summed E-state index contributed by atoms with van der Waals surface area (Å²) in [5.41, 5.74) is 2.81. The number of allylic oxidation sites excluding steroid dienone is 4. The zero-order valence-electron chi connectivity index (χ0n) is 13.6. The first-order valence-electron chi connectivity index (χ1n) is 7.75. The zero-order chi connectivity index (χ0) is 16.8. The van der Waals surface area contributed by atoms with Crippen molar-refractivity contribution in [2.45, 2.75) is 33.1 Å². The van der Waals surface area contributed by atoms with Crippen LogP contribution in [0, 0.1) is 22.7 Å². The molecule has 2 atom stereocenters. The quantitative estimate of drug-likeness (QED) is 0.834. The number of nitrogens with zero attached hydrogens (tertiary/aromatic N) is 1. The molecule has 2 aliphatic rings. The SMILES string of the molecule is CC1=C(C#N)C(c2cccc(O)c2)C2C(=O)CC(C)(C)C=C2N1. The Morgan fingerprint density at radius 2 is 2.09 bits per heavy atom. The summed E-state index contributed by atoms with van der Waals surface area (Å²) >= 11 is 0. The molecule has 1 heterocycles. The van der Waals surface area contributed by atoms with E-state index in [9.17, 15) is 15.2 Å². The average molecular weight is 308 g/mol. The predicted molar refractivity (Wildman–Crippen MR) is 87.3 cm³/mol. The summed E-state index contributed by atoms with van der Waals surface area (Å²) in [5.74, 6) is -0.454. The van der Waals surface area contributed by atoms with Crippen molar-refractivity contribution in [1.82, 2.24) is 5.32 Å². The first-order chi connectivity index (χ1) is 10.8. The number of phenols is 1. The standard InChI is InChI=1S/C19H20N2O2/c1-11-14(10-20)17(12-5-4-6-13(22)7-12)18-15(21-11)8-19(2,3)9-16(18)23/h4-8,17-18,21-22H,9H2,1-3H3. The van der Waals surface area contributed by atoms with E-state index in [2.05, 4.69) is 17.5 Å². The lowest BCUT2D eigenvalue weighted by Gasteiger charge is -2.40. The molecule has 23 heavy (non-hydrogen) atoms. The number of carbonyl (C=O) groups excluding carboxylic acids is 1. The highest BCUT2D eigenvalue weighted by molar-refractivity contribution is 5.88. The first kappa shape index (κ1) is 15.4. The molecule has 1 aliphatic carbocycles. The second-order valence-corrected chi connectivity index (χ2v) is 7.06. The monoisotopic (exact) mass is 308 g/mol. The molecule has 0 spiro atoms. The molecule has 0 saturated carbocycles. The molecule has 3 rings (SSSR count). The summed E-state index contributed by atoms with van der Waals surface area (Å²) in [5, 5.41) is 22.7. The predicted octanol–water partition coefficient (Wildman–Crippen LogP) is 3.38. The van der Waals surface area contributed by atoms with Gasteiger partial charge in [-0.3, -0.25) is 4.79 Å². The van der Waals surface area contributed by atoms with E-state index in [1.807, 2.05) is 26.8 Å². The van der Waals surface area contributed by atoms with E-state index >= 15 is 0 Å². The van der Waals surface area contributed by atoms with E-state index in [0.29, 0.717) is 12.0 Å². The zero-order valence-corrected chi connectivity index (χ0v) is 13.6. The summed E-state index contributed by atoms with van der Waals surface area (Å²) in [7, 11) is 0. The van der Waals surface area contributed by atoms with Crippen LogP contribution in [0.4, 0.5) is 0 Å². The van der Waals surface area contributed by atoms with Crippen LogP contribution in [0.15, 0.2) is 47.3 Å². The lowest BCUT2D eigenvalue weighted by molar-refractivity contribution is -0.124. The van der Waals surface area contributed by atoms with Crippen LogP contribution in [0.2, 0.25) is 0 Å². The Kier molecular flexibility index (Phi) is 3.52. The second kappa shape index (κ2) is 5.27. The number of hydrogen-bond donors (Lipinski definition) is 2. The van der Waals surface area contributed by atoms with Crippen molar-refractivity contribution in [2.75, 3.05) is 0 Å². The lowest BCUT2D eigenvalue weighted by Crippen LogP contribution is -2.41. The van der Waals surface area contributed by atoms with Gasteiger partial charge in [-0.25, -0.2) is 0 Å². The molecular weight excluding hydrogens is 288 g/mol. The van der Waals surface area contributed by atoms with E-state index in [-0.39, 0.29) is 28.8 Å². The maximum atomic E-state index is 12.8. The highest BCUT2D eigenvalue weighted by Gasteiger charge is 2.44. The number of carbonyl (C=O) groups is 1. The molecule has 2 N–H and O–H groups in total. The summed E-state index contributed by atoms with van der Waals surface area (Å²) in [6.07, 6.45) is 2.56. The van der Waals surface area contributed by atoms with Crippen LogP contribution in [0.25, 0.3) is 0 Å². The number of rotatable bonds is 1. The third kappa shape index (κ3) is 2.63. The van der Waals surface area contributed by atoms with Crippen molar-refractivity contribution in [1.29, 1.82) is 5.26 Å². The first-order valence-corrected chi connectivity index (χ1v) is 7.75. The molecule has 0 aromatic heterocycles. The van der Waals surface area contributed by atoms with Crippen molar-refractivity contribution in [3.8, 4) is 11.8 Å². The van der Waals surface area contributed by atoms with Gasteiger partial charge in [-0.1, -0.05) is 32.1 Å². The number of aromatic hydroxyl groups is 1. The van der Waals surface area contributed by atoms with Crippen molar-refractivity contribution >= 4 is 5.78 Å². The molecule has 4 nitrogen and oxygen atoms in total. The fourth-order valence-corrected chi connectivity index (χ4v) is 3.69. The minimum atomic E-state index is -0.386. The van der Waals surface area contributed by atoms with Crippen LogP contribution in [0.5, 0.6) is 5.75 Å². The number of benzene rings is 1. The third-order valence-corrected chi connectivity index (χ3v) is 4.59. The molecule has 4 heteroatoms. The van der Waals surface area contributed by atoms with Crippen LogP contribution >= 0.6 is 0 Å². The Morgan fingerprint density at radius 3 is 2.74 bits per heavy atom. The number of phenolic OH excluding ortho intramolecular Hbond substituents is 1. The van der Waals surface area contributed by atoms with Gasteiger partial charge in [0.1, 0.15) is 11.5 Å². The van der Waals surface area contributed by atoms with Crippen LogP contribution in [-0.4, -0.2) is 10.9 Å². The molecule has 0 fully saturated rings. The minimum absolute atomic E-state index is 0.133. The number of ketones is 1. The summed E-state index contributed by atoms with van der Waals surface area (Å²) in [6, 6.07) is 9.10. The fraction of sp³-hybridized carbons (Fsp3) is 0.368. The van der Waals surface area contributed by atoms with Gasteiger partial charge in [0.05, 0.1) is 17.6 Å². The maximum absolute atomic E-state index is 12.8. The van der Waals surface area contributed by atoms with Gasteiger partial charge in [0.2, 0.25) is 0 Å². The van der Waals surface area contributed by atoms with Gasteiger partial charge in [-0.05, 0) is 30.0 Å². The minimum Gasteiger partial charge on any atom is -0.508 e. The number of Topliss-reactive ketones (excluding diaryl/α,β-unsaturated/α-hetero) is 1. The van der Waals surface area contributed by atoms with Crippen molar-refractivity contribution < 1.29 is 9.90 Å². The molecule has 0 bridgehead atoms. The number of hydrogen-bond acceptors (Lipinski definition) is 4. The van der Waals surface area contributed by atoms with Crippen molar-refractivity contribution in [3.63, 3.8) is 0 Å². The summed E-state index contributed by atoms with van der Waals surface area (Å²) in [6.45, 7) is 5.94. The van der Waals surface area contributed by atoms with E-state index in [0.717, 1.165) is 17.0 Å². The Morgan fingerprint density at radius 1 is 1.35 bits per heavy atom. The molecule has 1 aliphatic heterocycles. The van der Waals surface area contributed by atoms with Gasteiger partial charge in [-0.15, -0.1) is 0 Å². The lowest BCUT2D eigenvalue weighted by atomic mass is 9.66. The van der Waals surface area contributed by atoms with Crippen LogP contribution in [0.3, 0.4) is 0 Å². The normalized spacial score (nSPS) is 26.0. The van der Waals surface area contributed by atoms with Gasteiger partial charge in [0.25, 0.3) is 0 Å². The van der Waals surface area contributed by atoms with Crippen molar-refractivity contribution in [2.24, 2.45) is 11.3 Å². The fourth-order valence-electron chi connectivity index (χ4n) is 3.69. The van der Waals surface area contributed by atoms with Crippen LogP contribution in [0.1, 0.15) is 38.7 Å². The largest absolute Gasteiger partial charge is 0.508 e. The average Bonchev–Trinajstić information content (AvgIpc) is 2.44.